The average Bonchev–Trinajstić information content (AvgIpc) is 2.87. The number of esters is 1. The van der Waals surface area contributed by atoms with Crippen molar-refractivity contribution < 1.29 is 38.4 Å². The van der Waals surface area contributed by atoms with E-state index in [2.05, 4.69) is 0 Å². The summed E-state index contributed by atoms with van der Waals surface area (Å²) in [7, 11) is 4.47. The van der Waals surface area contributed by atoms with Crippen molar-refractivity contribution in [3.8, 4) is 45.6 Å². The molecule has 0 radical (unpaired) electrons. The van der Waals surface area contributed by atoms with Crippen LogP contribution in [-0.2, 0) is 4.79 Å². The molecule has 0 bridgehead atoms. The molecule has 0 aliphatic carbocycles. The minimum atomic E-state index is -0.597. The van der Waals surface area contributed by atoms with Gasteiger partial charge in [-0.15, -0.1) is 0 Å². The zero-order chi connectivity index (χ0) is 25.6. The fraction of sp³-hybridized carbons (Fsp3) is 0.185. The zero-order valence-electron chi connectivity index (χ0n) is 19.7. The van der Waals surface area contributed by atoms with E-state index in [1.165, 1.54) is 45.8 Å². The van der Waals surface area contributed by atoms with Crippen LogP contribution in [0.15, 0.2) is 57.9 Å². The molecule has 4 aromatic rings. The SMILES string of the molecule is COc1cc(C2CC(=O)Oc3cc(O)c4c(=O)c(-c5ccc(O)cc5)coc4c32)cc(OC)c1OC. The molecule has 3 aromatic carbocycles. The Kier molecular flexibility index (Phi) is 5.68. The lowest BCUT2D eigenvalue weighted by molar-refractivity contribution is -0.135. The normalized spacial score (nSPS) is 14.8. The molecule has 1 aliphatic heterocycles. The molecule has 36 heavy (non-hydrogen) atoms. The van der Waals surface area contributed by atoms with Gasteiger partial charge in [0.25, 0.3) is 0 Å². The summed E-state index contributed by atoms with van der Waals surface area (Å²) in [6, 6.07) is 10.7. The van der Waals surface area contributed by atoms with Gasteiger partial charge in [0.15, 0.2) is 11.5 Å². The van der Waals surface area contributed by atoms with Crippen LogP contribution in [0.25, 0.3) is 22.1 Å². The summed E-state index contributed by atoms with van der Waals surface area (Å²) in [4.78, 5) is 26.0. The van der Waals surface area contributed by atoms with Gasteiger partial charge < -0.3 is 33.6 Å². The number of ether oxygens (including phenoxy) is 4. The first kappa shape index (κ1) is 23.1. The Hall–Kier alpha value is -4.66. The Balaban J connectivity index is 1.76. The second-order valence-electron chi connectivity index (χ2n) is 8.23. The van der Waals surface area contributed by atoms with Crippen molar-refractivity contribution in [1.82, 2.24) is 0 Å². The lowest BCUT2D eigenvalue weighted by atomic mass is 9.84. The Morgan fingerprint density at radius 3 is 2.19 bits per heavy atom. The van der Waals surface area contributed by atoms with E-state index in [0.717, 1.165) is 0 Å². The third-order valence-corrected chi connectivity index (χ3v) is 6.24. The highest BCUT2D eigenvalue weighted by molar-refractivity contribution is 5.94. The van der Waals surface area contributed by atoms with E-state index < -0.39 is 17.3 Å². The number of fused-ring (bicyclic) bond motifs is 3. The van der Waals surface area contributed by atoms with Gasteiger partial charge in [-0.25, -0.2) is 0 Å². The standard InChI is InChI=1S/C27H22O9/c1-32-20-8-14(9-21(33-2)26(20)34-3)16-10-22(30)36-19-11-18(29)24-25(31)17(12-35-27(24)23(16)19)13-4-6-15(28)7-5-13/h4-9,11-12,16,28-29H,10H2,1-3H3. The molecular weight excluding hydrogens is 468 g/mol. The molecule has 0 spiro atoms. The van der Waals surface area contributed by atoms with Gasteiger partial charge >= 0.3 is 5.97 Å². The van der Waals surface area contributed by atoms with Gasteiger partial charge in [-0.3, -0.25) is 9.59 Å². The van der Waals surface area contributed by atoms with Crippen LogP contribution in [0.3, 0.4) is 0 Å². The van der Waals surface area contributed by atoms with Crippen LogP contribution in [0.1, 0.15) is 23.5 Å². The summed E-state index contributed by atoms with van der Waals surface area (Å²) < 4.78 is 27.7. The molecule has 2 heterocycles. The predicted octanol–water partition coefficient (Wildman–Crippen LogP) is 4.34. The maximum atomic E-state index is 13.5. The molecule has 0 saturated carbocycles. The van der Waals surface area contributed by atoms with E-state index in [-0.39, 0.29) is 40.2 Å². The van der Waals surface area contributed by atoms with E-state index in [1.54, 1.807) is 24.3 Å². The topological polar surface area (TPSA) is 125 Å². The van der Waals surface area contributed by atoms with Crippen LogP contribution in [-0.4, -0.2) is 37.5 Å². The number of phenols is 2. The van der Waals surface area contributed by atoms with E-state index in [0.29, 0.717) is 33.9 Å². The molecule has 184 valence electrons. The Bertz CT molecular complexity index is 1530. The monoisotopic (exact) mass is 490 g/mol. The smallest absolute Gasteiger partial charge is 0.312 e. The van der Waals surface area contributed by atoms with Crippen molar-refractivity contribution in [1.29, 1.82) is 0 Å². The Morgan fingerprint density at radius 2 is 1.58 bits per heavy atom. The molecule has 0 amide bonds. The number of benzene rings is 3. The molecule has 9 heteroatoms. The number of carbonyl (C=O) groups excluding carboxylic acids is 1. The van der Waals surface area contributed by atoms with Crippen LogP contribution in [0.2, 0.25) is 0 Å². The first-order chi connectivity index (χ1) is 17.4. The van der Waals surface area contributed by atoms with Crippen molar-refractivity contribution in [2.75, 3.05) is 21.3 Å². The highest BCUT2D eigenvalue weighted by Gasteiger charge is 2.34. The number of aromatic hydroxyl groups is 2. The molecule has 1 atom stereocenters. The number of hydrogen-bond donors (Lipinski definition) is 2. The second-order valence-corrected chi connectivity index (χ2v) is 8.23. The third kappa shape index (κ3) is 3.65. The molecular formula is C27H22O9. The average molecular weight is 490 g/mol. The third-order valence-electron chi connectivity index (χ3n) is 6.24. The maximum Gasteiger partial charge on any atom is 0.312 e. The molecule has 1 unspecified atom stereocenters. The van der Waals surface area contributed by atoms with Gasteiger partial charge in [-0.2, -0.15) is 0 Å². The van der Waals surface area contributed by atoms with E-state index in [4.69, 9.17) is 23.4 Å². The number of hydrogen-bond acceptors (Lipinski definition) is 9. The van der Waals surface area contributed by atoms with Crippen LogP contribution in [0, 0.1) is 0 Å². The zero-order valence-corrected chi connectivity index (χ0v) is 19.7. The van der Waals surface area contributed by atoms with Gasteiger partial charge in [0.05, 0.1) is 33.3 Å². The van der Waals surface area contributed by atoms with Gasteiger partial charge in [0, 0.05) is 17.5 Å². The quantitative estimate of drug-likeness (QED) is 0.310. The minimum Gasteiger partial charge on any atom is -0.508 e. The van der Waals surface area contributed by atoms with E-state index in [9.17, 15) is 19.8 Å². The lowest BCUT2D eigenvalue weighted by Gasteiger charge is -2.27. The summed E-state index contributed by atoms with van der Waals surface area (Å²) in [5.74, 6) is -0.160. The molecule has 0 fully saturated rings. The predicted molar refractivity (Wildman–Crippen MR) is 129 cm³/mol. The van der Waals surface area contributed by atoms with Crippen LogP contribution in [0.4, 0.5) is 0 Å². The highest BCUT2D eigenvalue weighted by Crippen LogP contribution is 2.48. The molecule has 2 N–H and O–H groups in total. The first-order valence-corrected chi connectivity index (χ1v) is 11.0. The lowest BCUT2D eigenvalue weighted by Crippen LogP contribution is -2.22. The summed E-state index contributed by atoms with van der Waals surface area (Å²) >= 11 is 0. The number of carbonyl (C=O) groups is 1. The fourth-order valence-electron chi connectivity index (χ4n) is 4.56. The van der Waals surface area contributed by atoms with Crippen molar-refractivity contribution in [3.05, 3.63) is 70.1 Å². The summed E-state index contributed by atoms with van der Waals surface area (Å²) in [5.41, 5.74) is 1.42. The van der Waals surface area contributed by atoms with Crippen LogP contribution in [0.5, 0.6) is 34.5 Å². The van der Waals surface area contributed by atoms with Crippen LogP contribution < -0.4 is 24.4 Å². The Morgan fingerprint density at radius 1 is 0.917 bits per heavy atom. The van der Waals surface area contributed by atoms with Crippen molar-refractivity contribution in [2.45, 2.75) is 12.3 Å². The maximum absolute atomic E-state index is 13.5. The van der Waals surface area contributed by atoms with Crippen molar-refractivity contribution in [2.24, 2.45) is 0 Å². The second kappa shape index (κ2) is 8.84. The number of phenolic OH excluding ortho intramolecular Hbond substituents is 2. The Labute approximate surface area is 205 Å². The van der Waals surface area contributed by atoms with E-state index in [1.807, 2.05) is 0 Å². The summed E-state index contributed by atoms with van der Waals surface area (Å²) in [6.45, 7) is 0. The van der Waals surface area contributed by atoms with Gasteiger partial charge in [0.2, 0.25) is 11.2 Å². The first-order valence-electron chi connectivity index (χ1n) is 11.0. The molecule has 9 nitrogen and oxygen atoms in total. The van der Waals surface area contributed by atoms with Gasteiger partial charge in [-0.1, -0.05) is 12.1 Å². The highest BCUT2D eigenvalue weighted by atomic mass is 16.5. The summed E-state index contributed by atoms with van der Waals surface area (Å²) in [6.07, 6.45) is 1.24. The van der Waals surface area contributed by atoms with Gasteiger partial charge in [0.1, 0.15) is 34.5 Å². The fourth-order valence-corrected chi connectivity index (χ4v) is 4.56. The largest absolute Gasteiger partial charge is 0.508 e. The number of rotatable bonds is 5. The van der Waals surface area contributed by atoms with Crippen molar-refractivity contribution in [3.63, 3.8) is 0 Å². The minimum absolute atomic E-state index is 0.0466. The number of methoxy groups -OCH3 is 3. The van der Waals surface area contributed by atoms with E-state index >= 15 is 0 Å². The molecule has 5 rings (SSSR count). The van der Waals surface area contributed by atoms with Crippen LogP contribution >= 0.6 is 0 Å². The molecule has 0 saturated heterocycles. The van der Waals surface area contributed by atoms with Crippen molar-refractivity contribution >= 4 is 16.9 Å². The molecule has 1 aromatic heterocycles. The summed E-state index contributed by atoms with van der Waals surface area (Å²) in [5, 5.41) is 20.3. The molecule has 1 aliphatic rings. The van der Waals surface area contributed by atoms with Gasteiger partial charge in [-0.05, 0) is 35.4 Å².